The number of rotatable bonds is 8. The molecule has 0 spiro atoms. The minimum absolute atomic E-state index is 0.288. The van der Waals surface area contributed by atoms with Crippen LogP contribution >= 0.6 is 50.3 Å². The van der Waals surface area contributed by atoms with E-state index in [4.69, 9.17) is 5.73 Å². The minimum Gasteiger partial charge on any atom is -0.382 e. The lowest BCUT2D eigenvalue weighted by atomic mass is 10.1. The van der Waals surface area contributed by atoms with E-state index < -0.39 is 0 Å². The Labute approximate surface area is 184 Å². The zero-order valence-electron chi connectivity index (χ0n) is 14.8. The first-order valence-electron chi connectivity index (χ1n) is 8.54. The van der Waals surface area contributed by atoms with Gasteiger partial charge in [0.15, 0.2) is 22.1 Å². The molecule has 0 aliphatic carbocycles. The van der Waals surface area contributed by atoms with Gasteiger partial charge in [0.25, 0.3) is 0 Å². The van der Waals surface area contributed by atoms with Crippen molar-refractivity contribution in [3.8, 4) is 0 Å². The molecule has 0 saturated carbocycles. The first-order valence-corrected chi connectivity index (χ1v) is 11.6. The van der Waals surface area contributed by atoms with E-state index in [1.165, 1.54) is 6.33 Å². The molecule has 0 fully saturated rings. The molecule has 0 radical (unpaired) electrons. The Hall–Kier alpha value is -1.20. The summed E-state index contributed by atoms with van der Waals surface area (Å²) in [5.74, 6) is 0.674. The summed E-state index contributed by atoms with van der Waals surface area (Å²) in [6.07, 6.45) is 3.39. The van der Waals surface area contributed by atoms with Gasteiger partial charge in [0.05, 0.1) is 0 Å². The van der Waals surface area contributed by atoms with Gasteiger partial charge in [0.1, 0.15) is 12.1 Å². The van der Waals surface area contributed by atoms with E-state index in [9.17, 15) is 4.79 Å². The summed E-state index contributed by atoms with van der Waals surface area (Å²) >= 11 is 7.40. The number of Topliss-reactive ketones (excluding diaryl/α,β-unsaturated/α-hetero) is 1. The van der Waals surface area contributed by atoms with E-state index >= 15 is 0 Å². The zero-order valence-corrected chi connectivity index (χ0v) is 19.3. The number of fused-ring (bicyclic) bond motifs is 1. The summed E-state index contributed by atoms with van der Waals surface area (Å²) in [6.45, 7) is 2.64. The van der Waals surface area contributed by atoms with Crippen LogP contribution in [-0.2, 0) is 17.8 Å². The molecule has 0 saturated heterocycles. The van der Waals surface area contributed by atoms with Crippen LogP contribution in [0.4, 0.5) is 5.82 Å². The third kappa shape index (κ3) is 4.80. The number of nitrogen functional groups attached to an aromatic ring is 1. The molecule has 0 aliphatic rings. The predicted octanol–water partition coefficient (Wildman–Crippen LogP) is 4.47. The van der Waals surface area contributed by atoms with Crippen molar-refractivity contribution in [2.75, 3.05) is 11.1 Å². The predicted molar refractivity (Wildman–Crippen MR) is 120 cm³/mol. The Bertz CT molecular complexity index is 978. The lowest BCUT2D eigenvalue weighted by molar-refractivity contribution is -0.118. The van der Waals surface area contributed by atoms with Gasteiger partial charge in [-0.25, -0.2) is 15.0 Å². The fourth-order valence-corrected chi connectivity index (χ4v) is 4.66. The number of alkyl halides is 1. The largest absolute Gasteiger partial charge is 0.382 e. The van der Waals surface area contributed by atoms with Crippen molar-refractivity contribution in [3.05, 3.63) is 33.7 Å². The molecule has 0 unspecified atom stereocenters. The van der Waals surface area contributed by atoms with Crippen molar-refractivity contribution in [2.24, 2.45) is 0 Å². The first kappa shape index (κ1) is 20.5. The number of anilines is 1. The monoisotopic (exact) mass is 559 g/mol. The van der Waals surface area contributed by atoms with Crippen molar-refractivity contribution in [1.82, 2.24) is 19.5 Å². The fraction of sp³-hybridized carbons (Fsp3) is 0.333. The molecule has 27 heavy (non-hydrogen) atoms. The van der Waals surface area contributed by atoms with Gasteiger partial charge in [-0.3, -0.25) is 4.79 Å². The van der Waals surface area contributed by atoms with Gasteiger partial charge in [-0.05, 0) is 46.7 Å². The van der Waals surface area contributed by atoms with Crippen LogP contribution in [0.1, 0.15) is 25.3 Å². The highest BCUT2D eigenvalue weighted by Gasteiger charge is 2.17. The summed E-state index contributed by atoms with van der Waals surface area (Å²) < 4.78 is 3.19. The number of imidazole rings is 1. The molecular weight excluding hydrogens is 541 g/mol. The van der Waals surface area contributed by atoms with Gasteiger partial charge in [-0.15, -0.1) is 0 Å². The number of carbonyl (C=O) groups excluding carboxylic acids is 1. The highest BCUT2D eigenvalue weighted by molar-refractivity contribution is 14.1. The molecular formula is C18H19BrIN5OS. The van der Waals surface area contributed by atoms with E-state index in [0.717, 1.165) is 43.1 Å². The quantitative estimate of drug-likeness (QED) is 0.324. The molecule has 0 aliphatic heterocycles. The number of benzene rings is 1. The summed E-state index contributed by atoms with van der Waals surface area (Å²) in [6, 6.07) is 6.31. The zero-order chi connectivity index (χ0) is 19.4. The molecule has 9 heteroatoms. The highest BCUT2D eigenvalue weighted by Crippen LogP contribution is 2.34. The number of hydrogen-bond acceptors (Lipinski definition) is 6. The van der Waals surface area contributed by atoms with Gasteiger partial charge in [-0.2, -0.15) is 0 Å². The first-order chi connectivity index (χ1) is 13.0. The lowest BCUT2D eigenvalue weighted by Crippen LogP contribution is -2.03. The van der Waals surface area contributed by atoms with E-state index in [2.05, 4.69) is 76.2 Å². The van der Waals surface area contributed by atoms with E-state index in [1.807, 2.05) is 6.92 Å². The average Bonchev–Trinajstić information content (AvgIpc) is 3.01. The van der Waals surface area contributed by atoms with E-state index in [-0.39, 0.29) is 5.78 Å². The minimum atomic E-state index is 0.288. The standard InChI is InChI=1S/C18H19BrIN5OS/c1-2-12(26)5-3-11-4-6-13(20)14(9-11)27-18-24-15-16(21)22-10-23-17(15)25(18)8-7-19/h4,6,9-10H,2-3,5,7-8H2,1H3,(H2,21,22,23). The van der Waals surface area contributed by atoms with Crippen LogP contribution in [0.15, 0.2) is 34.6 Å². The third-order valence-corrected chi connectivity index (χ3v) is 6.83. The number of hydrogen-bond donors (Lipinski definition) is 1. The van der Waals surface area contributed by atoms with Crippen LogP contribution in [0.2, 0.25) is 0 Å². The molecule has 0 bridgehead atoms. The van der Waals surface area contributed by atoms with E-state index in [0.29, 0.717) is 24.2 Å². The number of aromatic nitrogens is 4. The Balaban J connectivity index is 1.93. The maximum atomic E-state index is 11.6. The molecule has 1 aromatic carbocycles. The molecule has 2 aromatic heterocycles. The molecule has 142 valence electrons. The topological polar surface area (TPSA) is 86.7 Å². The molecule has 2 N–H and O–H groups in total. The smallest absolute Gasteiger partial charge is 0.175 e. The number of nitrogens with two attached hydrogens (primary N) is 1. The van der Waals surface area contributed by atoms with Crippen molar-refractivity contribution in [2.45, 2.75) is 42.8 Å². The van der Waals surface area contributed by atoms with Crippen LogP contribution in [0.5, 0.6) is 0 Å². The van der Waals surface area contributed by atoms with Crippen LogP contribution < -0.4 is 5.73 Å². The SMILES string of the molecule is CCC(=O)CCc1ccc(I)c(Sc2nc3c(N)ncnc3n2CCBr)c1. The second-order valence-electron chi connectivity index (χ2n) is 5.93. The number of nitrogens with zero attached hydrogens (tertiary/aromatic N) is 4. The average molecular weight is 560 g/mol. The molecule has 6 nitrogen and oxygen atoms in total. The molecule has 3 rings (SSSR count). The second-order valence-corrected chi connectivity index (χ2v) is 8.89. The summed E-state index contributed by atoms with van der Waals surface area (Å²) in [5.41, 5.74) is 8.50. The number of aryl methyl sites for hydroxylation is 2. The van der Waals surface area contributed by atoms with Crippen LogP contribution in [-0.4, -0.2) is 30.6 Å². The molecule has 0 amide bonds. The van der Waals surface area contributed by atoms with Crippen molar-refractivity contribution >= 4 is 73.0 Å². The summed E-state index contributed by atoms with van der Waals surface area (Å²) in [7, 11) is 0. The Morgan fingerprint density at radius 2 is 2.19 bits per heavy atom. The molecule has 0 atom stereocenters. The normalized spacial score (nSPS) is 11.2. The van der Waals surface area contributed by atoms with Crippen LogP contribution in [0.3, 0.4) is 0 Å². The number of halogens is 2. The maximum Gasteiger partial charge on any atom is 0.175 e. The lowest BCUT2D eigenvalue weighted by Gasteiger charge is -2.09. The second kappa shape index (κ2) is 9.33. The number of carbonyl (C=O) groups is 1. The maximum absolute atomic E-state index is 11.6. The summed E-state index contributed by atoms with van der Waals surface area (Å²) in [4.78, 5) is 25.8. The van der Waals surface area contributed by atoms with Crippen molar-refractivity contribution < 1.29 is 4.79 Å². The Morgan fingerprint density at radius 1 is 1.37 bits per heavy atom. The fourth-order valence-electron chi connectivity index (χ4n) is 2.64. The van der Waals surface area contributed by atoms with Crippen LogP contribution in [0.25, 0.3) is 11.2 Å². The molecule has 3 aromatic rings. The van der Waals surface area contributed by atoms with Crippen molar-refractivity contribution in [1.29, 1.82) is 0 Å². The van der Waals surface area contributed by atoms with Gasteiger partial charge < -0.3 is 10.3 Å². The van der Waals surface area contributed by atoms with E-state index in [1.54, 1.807) is 11.8 Å². The van der Waals surface area contributed by atoms with Crippen LogP contribution in [0, 0.1) is 3.57 Å². The summed E-state index contributed by atoms with van der Waals surface area (Å²) in [5, 5.41) is 1.61. The highest BCUT2D eigenvalue weighted by atomic mass is 127. The van der Waals surface area contributed by atoms with Crippen molar-refractivity contribution in [3.63, 3.8) is 0 Å². The third-order valence-electron chi connectivity index (χ3n) is 4.12. The van der Waals surface area contributed by atoms with Gasteiger partial charge in [0.2, 0.25) is 0 Å². The van der Waals surface area contributed by atoms with Gasteiger partial charge >= 0.3 is 0 Å². The Kier molecular flexibility index (Phi) is 7.10. The Morgan fingerprint density at radius 3 is 2.93 bits per heavy atom. The van der Waals surface area contributed by atoms with Gasteiger partial charge in [0, 0.05) is 33.2 Å². The number of ketones is 1. The van der Waals surface area contributed by atoms with Gasteiger partial charge in [-0.1, -0.05) is 40.7 Å². The molecule has 2 heterocycles.